The number of aliphatic imine (C=N–C) groups is 4. The summed E-state index contributed by atoms with van der Waals surface area (Å²) in [5.74, 6) is 0.0471. The van der Waals surface area contributed by atoms with Crippen LogP contribution in [0.3, 0.4) is 0 Å². The summed E-state index contributed by atoms with van der Waals surface area (Å²) in [5.41, 5.74) is 7.21. The molecule has 0 aliphatic heterocycles. The van der Waals surface area contributed by atoms with E-state index in [9.17, 15) is 20.4 Å². The Morgan fingerprint density at radius 3 is 0.605 bits per heavy atom. The van der Waals surface area contributed by atoms with Crippen molar-refractivity contribution in [2.75, 3.05) is 0 Å². The van der Waals surface area contributed by atoms with Gasteiger partial charge in [0.1, 0.15) is 0 Å². The summed E-state index contributed by atoms with van der Waals surface area (Å²) in [5, 5.41) is 56.4. The quantitative estimate of drug-likeness (QED) is 0.0887. The normalized spacial score (nSPS) is 12.5. The summed E-state index contributed by atoms with van der Waals surface area (Å²) in [4.78, 5) is 18.2. The molecule has 0 aliphatic rings. The molecule has 0 aliphatic carbocycles. The molecular weight excluding hydrogens is 1150 g/mol. The maximum absolute atomic E-state index is 12.1. The molecule has 4 atom stereocenters. The van der Waals surface area contributed by atoms with Gasteiger partial charge < -0.3 is 20.4 Å². The van der Waals surface area contributed by atoms with Gasteiger partial charge in [-0.25, -0.2) is 0 Å². The summed E-state index contributed by atoms with van der Waals surface area (Å²) in [6, 6.07) is 85.8. The zero-order chi connectivity index (χ0) is 58.6. The smallest absolute Gasteiger partial charge is 0.872 e. The van der Waals surface area contributed by atoms with Crippen LogP contribution >= 0.6 is 0 Å². The van der Waals surface area contributed by atoms with E-state index in [1.54, 1.807) is 49.1 Å². The van der Waals surface area contributed by atoms with E-state index < -0.39 is 0 Å². The zero-order valence-electron chi connectivity index (χ0n) is 48.1. The van der Waals surface area contributed by atoms with Crippen molar-refractivity contribution in [2.45, 2.75) is 51.9 Å². The van der Waals surface area contributed by atoms with E-state index in [0.29, 0.717) is 22.3 Å². The van der Waals surface area contributed by atoms with E-state index in [-0.39, 0.29) is 80.1 Å². The Labute approximate surface area is 524 Å². The maximum atomic E-state index is 12.1. The van der Waals surface area contributed by atoms with Crippen LogP contribution in [0.4, 0.5) is 0 Å². The van der Waals surface area contributed by atoms with Crippen LogP contribution in [0.25, 0.3) is 43.1 Å². The molecule has 0 N–H and O–H groups in total. The van der Waals surface area contributed by atoms with Crippen LogP contribution in [0.1, 0.15) is 96.4 Å². The SMILES string of the molecule is C[C@H](N=Cc1c([O-])ccc2ccccc12)c1ccccc1.C[C@H](N=Cc1c([O-])ccc2ccccc12)c1ccccc1.C[C@H](N=Cc1c([O-])ccc2ccccc12)c1ccccc1.C[C@H](N=Cc1c([O-])ccc2ccccc12)c1ccccc1.[Ni+2].[Ni+2]. The molecule has 0 saturated heterocycles. The van der Waals surface area contributed by atoms with Gasteiger partial charge in [0.25, 0.3) is 0 Å². The predicted molar refractivity (Wildman–Crippen MR) is 343 cm³/mol. The van der Waals surface area contributed by atoms with Gasteiger partial charge in [-0.2, -0.15) is 0 Å². The van der Waals surface area contributed by atoms with Crippen molar-refractivity contribution in [3.05, 3.63) is 311 Å². The second-order valence-corrected chi connectivity index (χ2v) is 20.3. The van der Waals surface area contributed by atoms with Gasteiger partial charge in [-0.15, -0.1) is 0 Å². The fourth-order valence-corrected chi connectivity index (χ4v) is 9.65. The van der Waals surface area contributed by atoms with Crippen molar-refractivity contribution < 1.29 is 53.4 Å². The van der Waals surface area contributed by atoms with E-state index in [2.05, 4.69) is 20.0 Å². The van der Waals surface area contributed by atoms with Gasteiger partial charge in [0.05, 0.1) is 24.2 Å². The molecular formula is C76H64N4Ni2O4. The Hall–Kier alpha value is -9.45. The Morgan fingerprint density at radius 2 is 0.407 bits per heavy atom. The minimum atomic E-state index is 0. The third kappa shape index (κ3) is 16.9. The number of benzene rings is 12. The number of hydrogen-bond acceptors (Lipinski definition) is 8. The summed E-state index contributed by atoms with van der Waals surface area (Å²) in [7, 11) is 0. The van der Waals surface area contributed by atoms with Gasteiger partial charge in [-0.3, -0.25) is 20.0 Å². The van der Waals surface area contributed by atoms with Gasteiger partial charge in [0.15, 0.2) is 0 Å². The second-order valence-electron chi connectivity index (χ2n) is 20.3. The minimum Gasteiger partial charge on any atom is -0.872 e. The predicted octanol–water partition coefficient (Wildman–Crippen LogP) is 16.4. The third-order valence-corrected chi connectivity index (χ3v) is 14.6. The van der Waals surface area contributed by atoms with Crippen LogP contribution in [0.2, 0.25) is 0 Å². The molecule has 8 nitrogen and oxygen atoms in total. The van der Waals surface area contributed by atoms with E-state index >= 15 is 0 Å². The molecule has 0 heterocycles. The molecule has 0 bridgehead atoms. The molecule has 0 saturated carbocycles. The van der Waals surface area contributed by atoms with Gasteiger partial charge in [-0.1, -0.05) is 290 Å². The number of rotatable bonds is 12. The van der Waals surface area contributed by atoms with Crippen molar-refractivity contribution in [2.24, 2.45) is 20.0 Å². The topological polar surface area (TPSA) is 142 Å². The molecule has 12 aromatic rings. The summed E-state index contributed by atoms with van der Waals surface area (Å²) in [6.07, 6.45) is 6.84. The Balaban J connectivity index is 0.000000163. The van der Waals surface area contributed by atoms with Crippen LogP contribution in [0.5, 0.6) is 23.0 Å². The van der Waals surface area contributed by atoms with Gasteiger partial charge in [0, 0.05) is 24.9 Å². The van der Waals surface area contributed by atoms with Crippen LogP contribution in [-0.4, -0.2) is 24.9 Å². The molecule has 432 valence electrons. The monoisotopic (exact) mass is 1210 g/mol. The molecule has 0 spiro atoms. The maximum Gasteiger partial charge on any atom is 2.00 e. The molecule has 12 aromatic carbocycles. The average molecular weight is 1210 g/mol. The van der Waals surface area contributed by atoms with Crippen LogP contribution in [0.15, 0.2) is 287 Å². The first-order valence-electron chi connectivity index (χ1n) is 28.1. The molecule has 0 amide bonds. The Morgan fingerprint density at radius 1 is 0.233 bits per heavy atom. The number of fused-ring (bicyclic) bond motifs is 4. The molecule has 0 aromatic heterocycles. The first-order chi connectivity index (χ1) is 41.0. The van der Waals surface area contributed by atoms with Gasteiger partial charge >= 0.3 is 33.0 Å². The summed E-state index contributed by atoms with van der Waals surface area (Å²) >= 11 is 0. The van der Waals surface area contributed by atoms with Crippen molar-refractivity contribution >= 4 is 67.9 Å². The molecule has 0 fully saturated rings. The fourth-order valence-electron chi connectivity index (χ4n) is 9.65. The summed E-state index contributed by atoms with van der Waals surface area (Å²) in [6.45, 7) is 8.12. The fraction of sp³-hybridized carbons (Fsp3) is 0.105. The van der Waals surface area contributed by atoms with Gasteiger partial charge in [0.2, 0.25) is 0 Å². The molecule has 12 rings (SSSR count). The molecule has 86 heavy (non-hydrogen) atoms. The molecule has 0 radical (unpaired) electrons. The van der Waals surface area contributed by atoms with Crippen molar-refractivity contribution in [1.82, 2.24) is 0 Å². The standard InChI is InChI=1S/4C19H17NO.2Ni/c4*1-14(15-7-3-2-4-8-15)20-13-18-17-10-6-5-9-16(17)11-12-19(18)21;;/h4*2-14,21H,1H3;;/q;;;;2*+2/p-4/t4*14-;;/m0000../s1. The van der Waals surface area contributed by atoms with Crippen molar-refractivity contribution in [3.8, 4) is 23.0 Å². The van der Waals surface area contributed by atoms with E-state index in [4.69, 9.17) is 0 Å². The Bertz CT molecular complexity index is 3670. The molecule has 0 unspecified atom stereocenters. The van der Waals surface area contributed by atoms with Crippen LogP contribution in [0, 0.1) is 0 Å². The van der Waals surface area contributed by atoms with Crippen LogP contribution in [-0.2, 0) is 33.0 Å². The van der Waals surface area contributed by atoms with Crippen LogP contribution < -0.4 is 20.4 Å². The first kappa shape index (κ1) is 64.1. The molecule has 10 heteroatoms. The zero-order valence-corrected chi connectivity index (χ0v) is 50.1. The number of nitrogens with zero attached hydrogens (tertiary/aromatic N) is 4. The second kappa shape index (κ2) is 32.0. The third-order valence-electron chi connectivity index (χ3n) is 14.6. The van der Waals surface area contributed by atoms with Gasteiger partial charge in [-0.05, 0) is 115 Å². The van der Waals surface area contributed by atoms with E-state index in [1.165, 1.54) is 0 Å². The van der Waals surface area contributed by atoms with E-state index in [0.717, 1.165) is 65.3 Å². The largest absolute Gasteiger partial charge is 2.00 e. The number of hydrogen-bond donors (Lipinski definition) is 0. The van der Waals surface area contributed by atoms with Crippen molar-refractivity contribution in [1.29, 1.82) is 0 Å². The first-order valence-corrected chi connectivity index (χ1v) is 28.1. The summed E-state index contributed by atoms with van der Waals surface area (Å²) < 4.78 is 0. The average Bonchev–Trinajstić information content (AvgIpc) is 3.27. The Kier molecular flexibility index (Phi) is 23.9. The van der Waals surface area contributed by atoms with Crippen molar-refractivity contribution in [3.63, 3.8) is 0 Å². The minimum absolute atomic E-state index is 0. The van der Waals surface area contributed by atoms with E-state index in [1.807, 2.05) is 270 Å².